The maximum Gasteiger partial charge on any atom is 0.331 e. The van der Waals surface area contributed by atoms with Crippen LogP contribution in [-0.2, 0) is 32.7 Å². The van der Waals surface area contributed by atoms with Crippen molar-refractivity contribution in [1.29, 1.82) is 0 Å². The lowest BCUT2D eigenvalue weighted by Gasteiger charge is -2.06. The fourth-order valence-corrected chi connectivity index (χ4v) is 3.55. The number of sulfonamides is 1. The van der Waals surface area contributed by atoms with E-state index in [2.05, 4.69) is 4.72 Å². The van der Waals surface area contributed by atoms with E-state index in [1.54, 1.807) is 30.3 Å². The summed E-state index contributed by atoms with van der Waals surface area (Å²) >= 11 is 0. The lowest BCUT2D eigenvalue weighted by atomic mass is 10.1. The maximum atomic E-state index is 12.3. The van der Waals surface area contributed by atoms with Gasteiger partial charge in [-0.05, 0) is 54.0 Å². The topological polar surface area (TPSA) is 85.6 Å². The highest BCUT2D eigenvalue weighted by Crippen LogP contribution is 2.13. The van der Waals surface area contributed by atoms with Crippen molar-refractivity contribution < 1.29 is 22.4 Å². The van der Waals surface area contributed by atoms with Crippen LogP contribution in [0.1, 0.15) is 22.5 Å². The van der Waals surface area contributed by atoms with Gasteiger partial charge in [0.2, 0.25) is 10.0 Å². The summed E-state index contributed by atoms with van der Waals surface area (Å²) in [5, 5.41) is 0. The molecule has 2 aromatic carbocycles. The Hall–Kier alpha value is -3.16. The van der Waals surface area contributed by atoms with Crippen molar-refractivity contribution in [3.8, 4) is 0 Å². The molecule has 3 rings (SSSR count). The van der Waals surface area contributed by atoms with Crippen molar-refractivity contribution >= 4 is 22.1 Å². The Morgan fingerprint density at radius 2 is 1.83 bits per heavy atom. The molecule has 0 fully saturated rings. The lowest BCUT2D eigenvalue weighted by molar-refractivity contribution is -0.138. The minimum atomic E-state index is -3.65. The molecule has 0 amide bonds. The van der Waals surface area contributed by atoms with Gasteiger partial charge in [-0.1, -0.05) is 36.4 Å². The van der Waals surface area contributed by atoms with Crippen LogP contribution in [0.3, 0.4) is 0 Å². The third-order valence-electron chi connectivity index (χ3n) is 4.25. The van der Waals surface area contributed by atoms with Gasteiger partial charge in [0, 0.05) is 6.08 Å². The largest absolute Gasteiger partial charge is 0.468 e. The van der Waals surface area contributed by atoms with Crippen molar-refractivity contribution in [1.82, 2.24) is 4.72 Å². The molecule has 1 aromatic heterocycles. The van der Waals surface area contributed by atoms with Crippen LogP contribution in [0.25, 0.3) is 6.08 Å². The number of hydrogen-bond acceptors (Lipinski definition) is 5. The van der Waals surface area contributed by atoms with Crippen LogP contribution in [-0.4, -0.2) is 14.4 Å². The fraction of sp³-hybridized carbons (Fsp3) is 0.136. The zero-order valence-electron chi connectivity index (χ0n) is 15.9. The van der Waals surface area contributed by atoms with Crippen molar-refractivity contribution in [3.63, 3.8) is 0 Å². The summed E-state index contributed by atoms with van der Waals surface area (Å²) < 4.78 is 37.4. The number of ether oxygens (including phenoxy) is 1. The van der Waals surface area contributed by atoms with Gasteiger partial charge in [-0.25, -0.2) is 17.9 Å². The summed E-state index contributed by atoms with van der Waals surface area (Å²) in [6.07, 6.45) is 4.38. The quantitative estimate of drug-likeness (QED) is 0.450. The molecule has 0 aliphatic rings. The number of aryl methyl sites for hydroxylation is 1. The molecule has 0 saturated heterocycles. The predicted octanol–water partition coefficient (Wildman–Crippen LogP) is 3.82. The second kappa shape index (κ2) is 9.36. The molecule has 150 valence electrons. The van der Waals surface area contributed by atoms with Crippen LogP contribution in [0.5, 0.6) is 0 Å². The molecule has 7 heteroatoms. The normalized spacial score (nSPS) is 11.6. The number of nitrogens with one attached hydrogen (secondary N) is 1. The van der Waals surface area contributed by atoms with Crippen molar-refractivity contribution in [2.75, 3.05) is 0 Å². The van der Waals surface area contributed by atoms with E-state index in [1.807, 2.05) is 31.2 Å². The summed E-state index contributed by atoms with van der Waals surface area (Å²) in [5.41, 5.74) is 2.69. The number of hydrogen-bond donors (Lipinski definition) is 1. The van der Waals surface area contributed by atoms with E-state index in [0.29, 0.717) is 11.3 Å². The van der Waals surface area contributed by atoms with Crippen LogP contribution in [0.2, 0.25) is 0 Å². The van der Waals surface area contributed by atoms with Crippen LogP contribution in [0.15, 0.2) is 82.3 Å². The smallest absolute Gasteiger partial charge is 0.331 e. The number of furan rings is 1. The first kappa shape index (κ1) is 20.6. The molecule has 0 aliphatic heterocycles. The van der Waals surface area contributed by atoms with E-state index in [1.165, 1.54) is 24.5 Å². The van der Waals surface area contributed by atoms with Crippen LogP contribution in [0.4, 0.5) is 0 Å². The highest BCUT2D eigenvalue weighted by molar-refractivity contribution is 7.89. The lowest BCUT2D eigenvalue weighted by Crippen LogP contribution is -2.22. The van der Waals surface area contributed by atoms with Crippen molar-refractivity contribution in [2.24, 2.45) is 0 Å². The van der Waals surface area contributed by atoms with E-state index in [-0.39, 0.29) is 18.0 Å². The molecule has 1 heterocycles. The average Bonchev–Trinajstić information content (AvgIpc) is 3.24. The van der Waals surface area contributed by atoms with E-state index < -0.39 is 16.0 Å². The molecule has 29 heavy (non-hydrogen) atoms. The Balaban J connectivity index is 1.55. The summed E-state index contributed by atoms with van der Waals surface area (Å²) in [5.74, 6) is 0.0578. The summed E-state index contributed by atoms with van der Waals surface area (Å²) in [7, 11) is -3.65. The fourth-order valence-electron chi connectivity index (χ4n) is 2.55. The Morgan fingerprint density at radius 3 is 2.52 bits per heavy atom. The van der Waals surface area contributed by atoms with Gasteiger partial charge in [0.15, 0.2) is 0 Å². The van der Waals surface area contributed by atoms with Crippen molar-refractivity contribution in [2.45, 2.75) is 25.0 Å². The number of rotatable bonds is 8. The molecule has 0 aliphatic carbocycles. The van der Waals surface area contributed by atoms with Crippen LogP contribution < -0.4 is 4.72 Å². The summed E-state index contributed by atoms with van der Waals surface area (Å²) in [6, 6.07) is 17.3. The van der Waals surface area contributed by atoms with E-state index in [9.17, 15) is 13.2 Å². The molecular weight excluding hydrogens is 390 g/mol. The molecule has 1 N–H and O–H groups in total. The number of esters is 1. The second-order valence-corrected chi connectivity index (χ2v) is 8.11. The summed E-state index contributed by atoms with van der Waals surface area (Å²) in [4.78, 5) is 12.0. The standard InChI is InChI=1S/C22H21NO5S/c1-17-5-2-3-6-19(17)16-28-22(24)13-10-18-8-11-21(12-9-18)29(25,26)23-15-20-7-4-14-27-20/h2-14,23H,15-16H2,1H3/b13-10+. The molecule has 0 radical (unpaired) electrons. The van der Waals surface area contributed by atoms with Crippen LogP contribution >= 0.6 is 0 Å². The van der Waals surface area contributed by atoms with Gasteiger partial charge in [0.25, 0.3) is 0 Å². The third kappa shape index (κ3) is 5.91. The van der Waals surface area contributed by atoms with Gasteiger partial charge in [-0.3, -0.25) is 0 Å². The van der Waals surface area contributed by atoms with Crippen LogP contribution in [0, 0.1) is 6.92 Å². The van der Waals surface area contributed by atoms with Gasteiger partial charge in [0.05, 0.1) is 17.7 Å². The molecule has 6 nitrogen and oxygen atoms in total. The molecule has 3 aromatic rings. The predicted molar refractivity (Wildman–Crippen MR) is 109 cm³/mol. The summed E-state index contributed by atoms with van der Waals surface area (Å²) in [6.45, 7) is 2.23. The first-order valence-corrected chi connectivity index (χ1v) is 10.4. The molecule has 0 bridgehead atoms. The molecular formula is C22H21NO5S. The molecule has 0 unspecified atom stereocenters. The van der Waals surface area contributed by atoms with Gasteiger partial charge in [-0.15, -0.1) is 0 Å². The number of carbonyl (C=O) groups excluding carboxylic acids is 1. The first-order valence-electron chi connectivity index (χ1n) is 8.95. The number of benzene rings is 2. The minimum absolute atomic E-state index is 0.0731. The van der Waals surface area contributed by atoms with E-state index in [4.69, 9.17) is 9.15 Å². The zero-order chi connectivity index (χ0) is 20.7. The third-order valence-corrected chi connectivity index (χ3v) is 5.67. The van der Waals surface area contributed by atoms with Crippen molar-refractivity contribution in [3.05, 3.63) is 95.5 Å². The highest BCUT2D eigenvalue weighted by atomic mass is 32.2. The minimum Gasteiger partial charge on any atom is -0.468 e. The Kier molecular flexibility index (Phi) is 6.64. The number of carbonyl (C=O) groups is 1. The SMILES string of the molecule is Cc1ccccc1COC(=O)/C=C/c1ccc(S(=O)(=O)NCc2ccco2)cc1. The average molecular weight is 411 g/mol. The van der Waals surface area contributed by atoms with E-state index >= 15 is 0 Å². The molecule has 0 saturated carbocycles. The maximum absolute atomic E-state index is 12.3. The van der Waals surface area contributed by atoms with Gasteiger partial charge in [0.1, 0.15) is 12.4 Å². The Bertz CT molecular complexity index is 1080. The molecule has 0 spiro atoms. The second-order valence-electron chi connectivity index (χ2n) is 6.34. The monoisotopic (exact) mass is 411 g/mol. The van der Waals surface area contributed by atoms with E-state index in [0.717, 1.165) is 11.1 Å². The Labute approximate surface area is 169 Å². The highest BCUT2D eigenvalue weighted by Gasteiger charge is 2.14. The molecule has 0 atom stereocenters. The zero-order valence-corrected chi connectivity index (χ0v) is 16.7. The first-order chi connectivity index (χ1) is 13.9. The van der Waals surface area contributed by atoms with Gasteiger partial charge < -0.3 is 9.15 Å². The van der Waals surface area contributed by atoms with Gasteiger partial charge >= 0.3 is 5.97 Å². The van der Waals surface area contributed by atoms with Gasteiger partial charge in [-0.2, -0.15) is 0 Å². The Morgan fingerprint density at radius 1 is 1.07 bits per heavy atom.